The molecular weight excluding hydrogens is 342 g/mol. The topological polar surface area (TPSA) is 59.8 Å². The van der Waals surface area contributed by atoms with Gasteiger partial charge in [-0.25, -0.2) is 0 Å². The third kappa shape index (κ3) is 3.76. The van der Waals surface area contributed by atoms with Crippen LogP contribution in [0.1, 0.15) is 36.4 Å². The zero-order chi connectivity index (χ0) is 18.0. The molecule has 136 valence electrons. The zero-order valence-electron chi connectivity index (χ0n) is 14.8. The maximum Gasteiger partial charge on any atom is 0.165 e. The summed E-state index contributed by atoms with van der Waals surface area (Å²) in [7, 11) is 3.25. The average molecular weight is 366 g/mol. The first-order valence-electron chi connectivity index (χ1n) is 8.43. The van der Waals surface area contributed by atoms with E-state index < -0.39 is 6.10 Å². The molecule has 1 atom stereocenters. The number of rotatable bonds is 6. The molecule has 0 amide bonds. The van der Waals surface area contributed by atoms with E-state index in [0.29, 0.717) is 29.5 Å². The number of aromatic nitrogens is 2. The van der Waals surface area contributed by atoms with Crippen molar-refractivity contribution >= 4 is 11.6 Å². The minimum atomic E-state index is -0.496. The maximum atomic E-state index is 10.0. The van der Waals surface area contributed by atoms with Crippen LogP contribution in [-0.2, 0) is 19.6 Å². The number of aliphatic hydroxyl groups excluding tert-OH is 1. The quantitative estimate of drug-likeness (QED) is 0.852. The molecule has 0 fully saturated rings. The van der Waals surface area contributed by atoms with E-state index in [4.69, 9.17) is 21.1 Å². The molecule has 6 nitrogen and oxygen atoms in total. The Labute approximate surface area is 152 Å². The van der Waals surface area contributed by atoms with Crippen LogP contribution >= 0.6 is 11.6 Å². The second kappa shape index (κ2) is 7.64. The Bertz CT molecular complexity index is 747. The number of aliphatic hydroxyl groups is 1. The molecule has 2 aromatic rings. The van der Waals surface area contributed by atoms with E-state index in [0.717, 1.165) is 36.6 Å². The third-order valence-electron chi connectivity index (χ3n) is 4.54. The molecule has 0 bridgehead atoms. The molecule has 7 heteroatoms. The van der Waals surface area contributed by atoms with Crippen LogP contribution in [0.3, 0.4) is 0 Å². The van der Waals surface area contributed by atoms with Crippen molar-refractivity contribution in [2.24, 2.45) is 0 Å². The summed E-state index contributed by atoms with van der Waals surface area (Å²) < 4.78 is 12.9. The highest BCUT2D eigenvalue weighted by Gasteiger charge is 2.22. The first-order chi connectivity index (χ1) is 12.0. The van der Waals surface area contributed by atoms with E-state index in [1.54, 1.807) is 20.3 Å². The van der Waals surface area contributed by atoms with Gasteiger partial charge in [-0.2, -0.15) is 5.10 Å². The predicted octanol–water partition coefficient (Wildman–Crippen LogP) is 3.01. The van der Waals surface area contributed by atoms with Gasteiger partial charge in [-0.05, 0) is 18.6 Å². The third-order valence-corrected chi connectivity index (χ3v) is 4.76. The highest BCUT2D eigenvalue weighted by atomic mass is 35.5. The van der Waals surface area contributed by atoms with E-state index in [1.165, 1.54) is 0 Å². The molecule has 1 aromatic heterocycles. The van der Waals surface area contributed by atoms with Gasteiger partial charge >= 0.3 is 0 Å². The summed E-state index contributed by atoms with van der Waals surface area (Å²) in [6, 6.07) is 5.67. The molecule has 2 heterocycles. The number of hydrogen-bond donors (Lipinski definition) is 1. The minimum Gasteiger partial charge on any atom is -0.493 e. The summed E-state index contributed by atoms with van der Waals surface area (Å²) in [6.45, 7) is 5.09. The fraction of sp³-hybridized carbons (Fsp3) is 0.500. The summed E-state index contributed by atoms with van der Waals surface area (Å²) in [4.78, 5) is 2.31. The van der Waals surface area contributed by atoms with Gasteiger partial charge in [0.1, 0.15) is 0 Å². The zero-order valence-corrected chi connectivity index (χ0v) is 15.6. The van der Waals surface area contributed by atoms with Crippen LogP contribution < -0.4 is 9.47 Å². The first kappa shape index (κ1) is 18.0. The van der Waals surface area contributed by atoms with Crippen molar-refractivity contribution < 1.29 is 14.6 Å². The lowest BCUT2D eigenvalue weighted by Crippen LogP contribution is -2.33. The molecular formula is C18H24ClN3O3. The molecule has 0 spiro atoms. The van der Waals surface area contributed by atoms with E-state index in [2.05, 4.69) is 10.00 Å². The van der Waals surface area contributed by atoms with Gasteiger partial charge in [-0.15, -0.1) is 0 Å². The molecule has 0 radical (unpaired) electrons. The number of halogens is 1. The Morgan fingerprint density at radius 2 is 2.04 bits per heavy atom. The second-order valence-corrected chi connectivity index (χ2v) is 6.66. The highest BCUT2D eigenvalue weighted by Crippen LogP contribution is 2.35. The summed E-state index contributed by atoms with van der Waals surface area (Å²) in [5.41, 5.74) is 2.86. The Hall–Kier alpha value is -1.76. The molecule has 3 rings (SSSR count). The molecule has 1 aliphatic heterocycles. The molecule has 1 aromatic carbocycles. The van der Waals surface area contributed by atoms with Gasteiger partial charge in [-0.3, -0.25) is 9.58 Å². The summed E-state index contributed by atoms with van der Waals surface area (Å²) in [5, 5.41) is 15.1. The fourth-order valence-electron chi connectivity index (χ4n) is 3.21. The van der Waals surface area contributed by atoms with Crippen molar-refractivity contribution in [1.29, 1.82) is 0 Å². The van der Waals surface area contributed by atoms with Gasteiger partial charge in [0.15, 0.2) is 11.5 Å². The molecule has 25 heavy (non-hydrogen) atoms. The SMILES string of the molecule is CCC(O)c1cc2n(n1)CCN(Cc1cc(Cl)cc(OC)c1OC)C2. The molecule has 0 aliphatic carbocycles. The molecule has 0 saturated carbocycles. The van der Waals surface area contributed by atoms with Crippen molar-refractivity contribution in [3.8, 4) is 11.5 Å². The predicted molar refractivity (Wildman–Crippen MR) is 96.1 cm³/mol. The van der Waals surface area contributed by atoms with E-state index in [-0.39, 0.29) is 0 Å². The molecule has 1 N–H and O–H groups in total. The fourth-order valence-corrected chi connectivity index (χ4v) is 3.44. The van der Waals surface area contributed by atoms with Crippen LogP contribution in [0, 0.1) is 0 Å². The Morgan fingerprint density at radius 3 is 2.72 bits per heavy atom. The van der Waals surface area contributed by atoms with Crippen LogP contribution in [0.25, 0.3) is 0 Å². The van der Waals surface area contributed by atoms with Crippen LogP contribution in [0.2, 0.25) is 5.02 Å². The monoisotopic (exact) mass is 365 g/mol. The van der Waals surface area contributed by atoms with Gasteiger partial charge in [0.25, 0.3) is 0 Å². The number of methoxy groups -OCH3 is 2. The Kier molecular flexibility index (Phi) is 5.51. The Morgan fingerprint density at radius 1 is 1.24 bits per heavy atom. The lowest BCUT2D eigenvalue weighted by atomic mass is 10.1. The van der Waals surface area contributed by atoms with Gasteiger partial charge in [-0.1, -0.05) is 18.5 Å². The van der Waals surface area contributed by atoms with E-state index in [1.807, 2.05) is 23.7 Å². The van der Waals surface area contributed by atoms with E-state index >= 15 is 0 Å². The number of fused-ring (bicyclic) bond motifs is 1. The Balaban J connectivity index is 1.79. The summed E-state index contributed by atoms with van der Waals surface area (Å²) in [5.74, 6) is 1.36. The lowest BCUT2D eigenvalue weighted by molar-refractivity contribution is 0.166. The second-order valence-electron chi connectivity index (χ2n) is 6.22. The van der Waals surface area contributed by atoms with Gasteiger partial charge in [0.2, 0.25) is 0 Å². The number of ether oxygens (including phenoxy) is 2. The van der Waals surface area contributed by atoms with Crippen LogP contribution in [0.4, 0.5) is 0 Å². The van der Waals surface area contributed by atoms with Crippen molar-refractivity contribution in [3.63, 3.8) is 0 Å². The average Bonchev–Trinajstić information content (AvgIpc) is 3.03. The number of benzene rings is 1. The first-order valence-corrected chi connectivity index (χ1v) is 8.81. The maximum absolute atomic E-state index is 10.0. The van der Waals surface area contributed by atoms with Crippen LogP contribution in [0.15, 0.2) is 18.2 Å². The molecule has 1 aliphatic rings. The van der Waals surface area contributed by atoms with Crippen molar-refractivity contribution in [3.05, 3.63) is 40.2 Å². The highest BCUT2D eigenvalue weighted by molar-refractivity contribution is 6.30. The van der Waals surface area contributed by atoms with Crippen LogP contribution in [0.5, 0.6) is 11.5 Å². The summed E-state index contributed by atoms with van der Waals surface area (Å²) in [6.07, 6.45) is 0.170. The van der Waals surface area contributed by atoms with E-state index in [9.17, 15) is 5.11 Å². The number of hydrogen-bond acceptors (Lipinski definition) is 5. The van der Waals surface area contributed by atoms with Gasteiger partial charge in [0, 0.05) is 36.3 Å². The number of nitrogens with zero attached hydrogens (tertiary/aromatic N) is 3. The molecule has 1 unspecified atom stereocenters. The lowest BCUT2D eigenvalue weighted by Gasteiger charge is -2.28. The van der Waals surface area contributed by atoms with Crippen LogP contribution in [-0.4, -0.2) is 40.6 Å². The summed E-state index contributed by atoms with van der Waals surface area (Å²) >= 11 is 6.21. The normalized spacial score (nSPS) is 15.7. The van der Waals surface area contributed by atoms with Crippen molar-refractivity contribution in [1.82, 2.24) is 14.7 Å². The smallest absolute Gasteiger partial charge is 0.165 e. The largest absolute Gasteiger partial charge is 0.493 e. The standard InChI is InChI=1S/C18H24ClN3O3/c1-4-16(23)15-9-14-11-21(5-6-22(14)20-15)10-12-7-13(19)8-17(24-2)18(12)25-3/h7-9,16,23H,4-6,10-11H2,1-3H3. The van der Waals surface area contributed by atoms with Gasteiger partial charge < -0.3 is 14.6 Å². The minimum absolute atomic E-state index is 0.496. The molecule has 0 saturated heterocycles. The van der Waals surface area contributed by atoms with Crippen molar-refractivity contribution in [2.45, 2.75) is 39.1 Å². The van der Waals surface area contributed by atoms with Gasteiger partial charge in [0.05, 0.1) is 38.3 Å². The van der Waals surface area contributed by atoms with Crippen molar-refractivity contribution in [2.75, 3.05) is 20.8 Å².